The van der Waals surface area contributed by atoms with Gasteiger partial charge in [-0.25, -0.2) is 0 Å². The fourth-order valence-corrected chi connectivity index (χ4v) is 3.36. The molecule has 6 nitrogen and oxygen atoms in total. The van der Waals surface area contributed by atoms with Crippen LogP contribution in [-0.2, 0) is 6.42 Å². The molecule has 0 fully saturated rings. The summed E-state index contributed by atoms with van der Waals surface area (Å²) in [6.45, 7) is 2.43. The van der Waals surface area contributed by atoms with Crippen molar-refractivity contribution < 1.29 is 9.59 Å². The van der Waals surface area contributed by atoms with Crippen LogP contribution in [0.2, 0.25) is 0 Å². The van der Waals surface area contributed by atoms with E-state index in [2.05, 4.69) is 26.7 Å². The lowest BCUT2D eigenvalue weighted by Crippen LogP contribution is -2.27. The van der Waals surface area contributed by atoms with Crippen LogP contribution in [0, 0.1) is 6.92 Å². The Morgan fingerprint density at radius 1 is 1.00 bits per heavy atom. The number of hydrogen-bond donors (Lipinski definition) is 3. The van der Waals surface area contributed by atoms with E-state index in [4.69, 9.17) is 0 Å². The highest BCUT2D eigenvalue weighted by Crippen LogP contribution is 2.17. The van der Waals surface area contributed by atoms with Gasteiger partial charge in [0.1, 0.15) is 5.69 Å². The smallest absolute Gasteiger partial charge is 0.269 e. The summed E-state index contributed by atoms with van der Waals surface area (Å²) < 4.78 is 0. The number of aromatic nitrogens is 2. The van der Waals surface area contributed by atoms with Crippen molar-refractivity contribution in [2.24, 2.45) is 0 Å². The molecule has 0 saturated heterocycles. The summed E-state index contributed by atoms with van der Waals surface area (Å²) in [5.74, 6) is -0.587. The summed E-state index contributed by atoms with van der Waals surface area (Å²) >= 11 is 0. The second-order valence-corrected chi connectivity index (χ2v) is 7.12. The molecule has 0 aliphatic rings. The second-order valence-electron chi connectivity index (χ2n) is 7.12. The lowest BCUT2D eigenvalue weighted by molar-refractivity contribution is 0.0949. The Balaban J connectivity index is 1.38. The van der Waals surface area contributed by atoms with Crippen LogP contribution in [0.1, 0.15) is 32.0 Å². The van der Waals surface area contributed by atoms with E-state index in [-0.39, 0.29) is 17.5 Å². The molecule has 0 unspecified atom stereocenters. The summed E-state index contributed by atoms with van der Waals surface area (Å²) in [5.41, 5.74) is 4.58. The van der Waals surface area contributed by atoms with E-state index < -0.39 is 0 Å². The number of benzene rings is 2. The van der Waals surface area contributed by atoms with Crippen LogP contribution in [0.3, 0.4) is 0 Å². The molecular weight excluding hydrogens is 376 g/mol. The molecule has 2 aromatic heterocycles. The fraction of sp³-hybridized carbons (Fsp3) is 0.125. The first-order valence-electron chi connectivity index (χ1n) is 9.77. The minimum absolute atomic E-state index is 0.214. The minimum atomic E-state index is -0.306. The topological polar surface area (TPSA) is 86.9 Å². The maximum Gasteiger partial charge on any atom is 0.269 e. The number of carbonyl (C=O) groups excluding carboxylic acids is 2. The largest absolute Gasteiger partial charge is 0.361 e. The number of anilines is 1. The molecular formula is C24H22N4O2. The highest BCUT2D eigenvalue weighted by molar-refractivity contribution is 6.05. The van der Waals surface area contributed by atoms with Gasteiger partial charge in [-0.05, 0) is 54.8 Å². The van der Waals surface area contributed by atoms with Crippen LogP contribution in [0.15, 0.2) is 73.1 Å². The number of aryl methyl sites for hydroxylation is 1. The Hall–Kier alpha value is -3.93. The number of rotatable bonds is 6. The van der Waals surface area contributed by atoms with E-state index in [1.165, 1.54) is 12.3 Å². The number of carbonyl (C=O) groups is 2. The molecule has 3 N–H and O–H groups in total. The molecule has 4 rings (SSSR count). The van der Waals surface area contributed by atoms with Crippen LogP contribution < -0.4 is 10.6 Å². The molecule has 2 amide bonds. The van der Waals surface area contributed by atoms with Crippen molar-refractivity contribution in [1.29, 1.82) is 0 Å². The molecule has 0 aliphatic heterocycles. The Labute approximate surface area is 174 Å². The molecule has 2 heterocycles. The molecule has 0 spiro atoms. The molecule has 2 aromatic carbocycles. The third-order valence-corrected chi connectivity index (χ3v) is 4.89. The van der Waals surface area contributed by atoms with Gasteiger partial charge in [-0.3, -0.25) is 14.6 Å². The number of aromatic amines is 1. The highest BCUT2D eigenvalue weighted by Gasteiger charge is 2.12. The van der Waals surface area contributed by atoms with Gasteiger partial charge in [0.05, 0.1) is 0 Å². The van der Waals surface area contributed by atoms with Crippen LogP contribution >= 0.6 is 0 Å². The predicted molar refractivity (Wildman–Crippen MR) is 118 cm³/mol. The Morgan fingerprint density at radius 2 is 1.87 bits per heavy atom. The molecule has 30 heavy (non-hydrogen) atoms. The number of hydrogen-bond acceptors (Lipinski definition) is 3. The number of fused-ring (bicyclic) bond motifs is 1. The highest BCUT2D eigenvalue weighted by atomic mass is 16.2. The third kappa shape index (κ3) is 4.38. The average molecular weight is 398 g/mol. The van der Waals surface area contributed by atoms with Crippen LogP contribution in [0.25, 0.3) is 10.9 Å². The SMILES string of the molecule is Cc1cccc(NC(=O)c2ccnc(C(=O)NCCc3c[nH]c4ccccc34)c2)c1. The van der Waals surface area contributed by atoms with Crippen molar-refractivity contribution >= 4 is 28.4 Å². The maximum absolute atomic E-state index is 12.5. The predicted octanol–water partition coefficient (Wildman–Crippen LogP) is 4.10. The molecule has 0 saturated carbocycles. The van der Waals surface area contributed by atoms with Gasteiger partial charge >= 0.3 is 0 Å². The van der Waals surface area contributed by atoms with Crippen molar-refractivity contribution in [2.75, 3.05) is 11.9 Å². The molecule has 4 aromatic rings. The van der Waals surface area contributed by atoms with Crippen LogP contribution in [-0.4, -0.2) is 28.3 Å². The van der Waals surface area contributed by atoms with E-state index in [0.717, 1.165) is 22.0 Å². The van der Waals surface area contributed by atoms with Gasteiger partial charge < -0.3 is 15.6 Å². The molecule has 0 radical (unpaired) electrons. The number of nitrogens with one attached hydrogen (secondary N) is 3. The monoisotopic (exact) mass is 398 g/mol. The summed E-state index contributed by atoms with van der Waals surface area (Å²) in [7, 11) is 0. The first-order chi connectivity index (χ1) is 14.6. The van der Waals surface area contributed by atoms with Crippen molar-refractivity contribution in [1.82, 2.24) is 15.3 Å². The van der Waals surface area contributed by atoms with Gasteiger partial charge in [0.15, 0.2) is 0 Å². The summed E-state index contributed by atoms with van der Waals surface area (Å²) in [6.07, 6.45) is 4.13. The minimum Gasteiger partial charge on any atom is -0.361 e. The third-order valence-electron chi connectivity index (χ3n) is 4.89. The molecule has 150 valence electrons. The van der Waals surface area contributed by atoms with Crippen molar-refractivity contribution in [2.45, 2.75) is 13.3 Å². The first kappa shape index (κ1) is 19.4. The number of para-hydroxylation sites is 1. The number of nitrogens with zero attached hydrogens (tertiary/aromatic N) is 1. The maximum atomic E-state index is 12.5. The number of H-pyrrole nitrogens is 1. The van der Waals surface area contributed by atoms with Crippen molar-refractivity contribution in [3.8, 4) is 0 Å². The summed E-state index contributed by atoms with van der Waals surface area (Å²) in [6, 6.07) is 18.7. The molecule has 0 atom stereocenters. The Kier molecular flexibility index (Phi) is 5.57. The van der Waals surface area contributed by atoms with Crippen molar-refractivity contribution in [3.63, 3.8) is 0 Å². The summed E-state index contributed by atoms with van der Waals surface area (Å²) in [5, 5.41) is 6.87. The molecule has 6 heteroatoms. The lowest BCUT2D eigenvalue weighted by Gasteiger charge is -2.08. The van der Waals surface area contributed by atoms with Gasteiger partial charge in [0, 0.05) is 41.1 Å². The van der Waals surface area contributed by atoms with E-state index in [1.807, 2.05) is 55.6 Å². The van der Waals surface area contributed by atoms with Crippen LogP contribution in [0.4, 0.5) is 5.69 Å². The summed E-state index contributed by atoms with van der Waals surface area (Å²) in [4.78, 5) is 32.4. The molecule has 0 bridgehead atoms. The lowest BCUT2D eigenvalue weighted by atomic mass is 10.1. The van der Waals surface area contributed by atoms with Gasteiger partial charge in [0.25, 0.3) is 11.8 Å². The van der Waals surface area contributed by atoms with Crippen LogP contribution in [0.5, 0.6) is 0 Å². The van der Waals surface area contributed by atoms with E-state index in [0.29, 0.717) is 24.2 Å². The van der Waals surface area contributed by atoms with E-state index in [9.17, 15) is 9.59 Å². The zero-order valence-electron chi connectivity index (χ0n) is 16.6. The zero-order chi connectivity index (χ0) is 20.9. The number of amides is 2. The fourth-order valence-electron chi connectivity index (χ4n) is 3.36. The standard InChI is InChI=1S/C24H22N4O2/c1-16-5-4-6-19(13-16)28-23(29)17-9-11-25-22(14-17)24(30)26-12-10-18-15-27-21-8-3-2-7-20(18)21/h2-9,11,13-15,27H,10,12H2,1H3,(H,26,30)(H,28,29). The van der Waals surface area contributed by atoms with Gasteiger partial charge in [0.2, 0.25) is 0 Å². The van der Waals surface area contributed by atoms with Gasteiger partial charge in [-0.15, -0.1) is 0 Å². The Bertz CT molecular complexity index is 1210. The normalized spacial score (nSPS) is 10.7. The first-order valence-corrected chi connectivity index (χ1v) is 9.77. The van der Waals surface area contributed by atoms with Crippen molar-refractivity contribution in [3.05, 3.63) is 95.4 Å². The van der Waals surface area contributed by atoms with Gasteiger partial charge in [-0.1, -0.05) is 30.3 Å². The zero-order valence-corrected chi connectivity index (χ0v) is 16.6. The Morgan fingerprint density at radius 3 is 2.73 bits per heavy atom. The second kappa shape index (κ2) is 8.61. The quantitative estimate of drug-likeness (QED) is 0.457. The van der Waals surface area contributed by atoms with Gasteiger partial charge in [-0.2, -0.15) is 0 Å². The van der Waals surface area contributed by atoms with E-state index >= 15 is 0 Å². The molecule has 0 aliphatic carbocycles. The average Bonchev–Trinajstić information content (AvgIpc) is 3.17. The van der Waals surface area contributed by atoms with E-state index in [1.54, 1.807) is 6.07 Å². The number of pyridine rings is 1.